The molecule has 0 aliphatic carbocycles. The van der Waals surface area contributed by atoms with Gasteiger partial charge in [0.2, 0.25) is 5.91 Å². The van der Waals surface area contributed by atoms with Crippen LogP contribution in [0, 0.1) is 0 Å². The topological polar surface area (TPSA) is 61.4 Å². The van der Waals surface area contributed by atoms with E-state index in [1.165, 1.54) is 0 Å². The van der Waals surface area contributed by atoms with Crippen LogP contribution in [0.2, 0.25) is 0 Å². The standard InChI is InChI=1S/C20H21N3O2/c24-18(14-15-6-2-1-3-7-15)23-12-10-20(11-13-23)21-17-9-5-4-8-16(17)19(25)22-20/h1-9,21H,10-14H2,(H,22,25). The van der Waals surface area contributed by atoms with E-state index in [9.17, 15) is 9.59 Å². The minimum absolute atomic E-state index is 0.0431. The molecule has 2 N–H and O–H groups in total. The number of likely N-dealkylation sites (tertiary alicyclic amines) is 1. The molecule has 25 heavy (non-hydrogen) atoms. The normalized spacial score (nSPS) is 18.2. The monoisotopic (exact) mass is 335 g/mol. The lowest BCUT2D eigenvalue weighted by Gasteiger charge is -2.45. The molecule has 0 unspecified atom stereocenters. The van der Waals surface area contributed by atoms with Gasteiger partial charge in [-0.2, -0.15) is 0 Å². The van der Waals surface area contributed by atoms with E-state index in [1.807, 2.05) is 59.5 Å². The zero-order valence-corrected chi connectivity index (χ0v) is 14.0. The summed E-state index contributed by atoms with van der Waals surface area (Å²) >= 11 is 0. The van der Waals surface area contributed by atoms with Gasteiger partial charge in [-0.15, -0.1) is 0 Å². The summed E-state index contributed by atoms with van der Waals surface area (Å²) < 4.78 is 0. The summed E-state index contributed by atoms with van der Waals surface area (Å²) in [5.41, 5.74) is 2.13. The number of nitrogens with zero attached hydrogens (tertiary/aromatic N) is 1. The highest BCUT2D eigenvalue weighted by atomic mass is 16.2. The molecule has 1 spiro atoms. The molecule has 0 aromatic heterocycles. The number of para-hydroxylation sites is 1. The number of rotatable bonds is 2. The molecule has 0 atom stereocenters. The second kappa shape index (κ2) is 6.24. The summed E-state index contributed by atoms with van der Waals surface area (Å²) in [7, 11) is 0. The van der Waals surface area contributed by atoms with Crippen molar-refractivity contribution < 1.29 is 9.59 Å². The van der Waals surface area contributed by atoms with Crippen molar-refractivity contribution in [1.82, 2.24) is 10.2 Å². The Labute approximate surface area is 147 Å². The molecule has 2 amide bonds. The van der Waals surface area contributed by atoms with E-state index < -0.39 is 5.66 Å². The van der Waals surface area contributed by atoms with E-state index in [0.29, 0.717) is 37.9 Å². The molecule has 1 saturated heterocycles. The van der Waals surface area contributed by atoms with Crippen LogP contribution in [0.25, 0.3) is 0 Å². The van der Waals surface area contributed by atoms with Crippen molar-refractivity contribution in [1.29, 1.82) is 0 Å². The Bertz CT molecular complexity index is 796. The summed E-state index contributed by atoms with van der Waals surface area (Å²) in [6.07, 6.45) is 1.83. The molecule has 0 saturated carbocycles. The Hall–Kier alpha value is -2.82. The van der Waals surface area contributed by atoms with Gasteiger partial charge in [0, 0.05) is 31.6 Å². The second-order valence-electron chi connectivity index (χ2n) is 6.75. The van der Waals surface area contributed by atoms with Crippen LogP contribution in [-0.4, -0.2) is 35.5 Å². The molecule has 1 fully saturated rings. The highest BCUT2D eigenvalue weighted by Gasteiger charge is 2.40. The number of anilines is 1. The molecule has 2 aromatic rings. The van der Waals surface area contributed by atoms with Gasteiger partial charge in [-0.1, -0.05) is 42.5 Å². The zero-order chi connectivity index (χ0) is 17.3. The van der Waals surface area contributed by atoms with Crippen LogP contribution in [0.1, 0.15) is 28.8 Å². The first-order valence-corrected chi connectivity index (χ1v) is 8.67. The minimum Gasteiger partial charge on any atom is -0.362 e. The molecule has 5 nitrogen and oxygen atoms in total. The molecule has 4 rings (SSSR count). The molecule has 2 aromatic carbocycles. The van der Waals surface area contributed by atoms with Crippen LogP contribution < -0.4 is 10.6 Å². The predicted molar refractivity (Wildman–Crippen MR) is 96.2 cm³/mol. The minimum atomic E-state index is -0.449. The second-order valence-corrected chi connectivity index (χ2v) is 6.75. The predicted octanol–water partition coefficient (Wildman–Crippen LogP) is 2.40. The quantitative estimate of drug-likeness (QED) is 0.886. The van der Waals surface area contributed by atoms with Crippen LogP contribution in [0.5, 0.6) is 0 Å². The average Bonchev–Trinajstić information content (AvgIpc) is 2.63. The van der Waals surface area contributed by atoms with E-state index in [-0.39, 0.29) is 11.8 Å². The van der Waals surface area contributed by atoms with Crippen molar-refractivity contribution >= 4 is 17.5 Å². The van der Waals surface area contributed by atoms with E-state index in [0.717, 1.165) is 11.3 Å². The molecule has 0 bridgehead atoms. The third-order valence-corrected chi connectivity index (χ3v) is 5.07. The third kappa shape index (κ3) is 3.09. The lowest BCUT2D eigenvalue weighted by molar-refractivity contribution is -0.132. The number of amides is 2. The van der Waals surface area contributed by atoms with Crippen LogP contribution in [0.4, 0.5) is 5.69 Å². The summed E-state index contributed by atoms with van der Waals surface area (Å²) in [5, 5.41) is 6.59. The molecule has 2 heterocycles. The van der Waals surface area contributed by atoms with Gasteiger partial charge >= 0.3 is 0 Å². The number of hydrogen-bond donors (Lipinski definition) is 2. The number of piperidine rings is 1. The molecule has 0 radical (unpaired) electrons. The van der Waals surface area contributed by atoms with Crippen molar-refractivity contribution in [3.8, 4) is 0 Å². The average molecular weight is 335 g/mol. The van der Waals surface area contributed by atoms with Crippen LogP contribution in [0.3, 0.4) is 0 Å². The maximum Gasteiger partial charge on any atom is 0.255 e. The molecular weight excluding hydrogens is 314 g/mol. The van der Waals surface area contributed by atoms with Gasteiger partial charge in [0.1, 0.15) is 5.66 Å². The molecular formula is C20H21N3O2. The summed E-state index contributed by atoms with van der Waals surface area (Å²) in [5.74, 6) is 0.0991. The Morgan fingerprint density at radius 2 is 1.64 bits per heavy atom. The zero-order valence-electron chi connectivity index (χ0n) is 14.0. The Balaban J connectivity index is 1.42. The van der Waals surface area contributed by atoms with E-state index >= 15 is 0 Å². The SMILES string of the molecule is O=C1NC2(CCN(C(=O)Cc3ccccc3)CC2)Nc2ccccc21. The first-order chi connectivity index (χ1) is 12.2. The van der Waals surface area contributed by atoms with Crippen LogP contribution >= 0.6 is 0 Å². The van der Waals surface area contributed by atoms with Gasteiger partial charge in [-0.25, -0.2) is 0 Å². The maximum absolute atomic E-state index is 12.5. The largest absolute Gasteiger partial charge is 0.362 e. The number of carbonyl (C=O) groups is 2. The Kier molecular flexibility index (Phi) is 3.92. The summed E-state index contributed by atoms with van der Waals surface area (Å²) in [6, 6.07) is 17.4. The first-order valence-electron chi connectivity index (χ1n) is 8.67. The highest BCUT2D eigenvalue weighted by Crippen LogP contribution is 2.31. The van der Waals surface area contributed by atoms with Crippen LogP contribution in [0.15, 0.2) is 54.6 Å². The molecule has 5 heteroatoms. The fourth-order valence-electron chi connectivity index (χ4n) is 3.63. The van der Waals surface area contributed by atoms with E-state index in [2.05, 4.69) is 10.6 Å². The maximum atomic E-state index is 12.5. The van der Waals surface area contributed by atoms with E-state index in [1.54, 1.807) is 0 Å². The van der Waals surface area contributed by atoms with Crippen molar-refractivity contribution in [2.45, 2.75) is 24.9 Å². The van der Waals surface area contributed by atoms with Crippen molar-refractivity contribution in [2.75, 3.05) is 18.4 Å². The van der Waals surface area contributed by atoms with E-state index in [4.69, 9.17) is 0 Å². The Morgan fingerprint density at radius 1 is 0.960 bits per heavy atom. The van der Waals surface area contributed by atoms with Gasteiger partial charge in [-0.3, -0.25) is 9.59 Å². The Morgan fingerprint density at radius 3 is 2.40 bits per heavy atom. The lowest BCUT2D eigenvalue weighted by Crippen LogP contribution is -2.62. The highest BCUT2D eigenvalue weighted by molar-refractivity contribution is 6.02. The molecule has 2 aliphatic heterocycles. The van der Waals surface area contributed by atoms with Crippen LogP contribution in [-0.2, 0) is 11.2 Å². The number of hydrogen-bond acceptors (Lipinski definition) is 3. The number of benzene rings is 2. The third-order valence-electron chi connectivity index (χ3n) is 5.07. The molecule has 2 aliphatic rings. The first kappa shape index (κ1) is 15.7. The van der Waals surface area contributed by atoms with Crippen molar-refractivity contribution in [3.63, 3.8) is 0 Å². The van der Waals surface area contributed by atoms with Gasteiger partial charge < -0.3 is 15.5 Å². The van der Waals surface area contributed by atoms with Gasteiger partial charge in [0.15, 0.2) is 0 Å². The number of nitrogens with one attached hydrogen (secondary N) is 2. The number of fused-ring (bicyclic) bond motifs is 1. The summed E-state index contributed by atoms with van der Waals surface area (Å²) in [6.45, 7) is 1.28. The lowest BCUT2D eigenvalue weighted by atomic mass is 9.92. The van der Waals surface area contributed by atoms with Crippen molar-refractivity contribution in [3.05, 3.63) is 65.7 Å². The number of carbonyl (C=O) groups excluding carboxylic acids is 2. The van der Waals surface area contributed by atoms with Gasteiger partial charge in [0.05, 0.1) is 12.0 Å². The fourth-order valence-corrected chi connectivity index (χ4v) is 3.63. The summed E-state index contributed by atoms with van der Waals surface area (Å²) in [4.78, 5) is 26.8. The van der Waals surface area contributed by atoms with Crippen molar-refractivity contribution in [2.24, 2.45) is 0 Å². The molecule has 128 valence electrons. The van der Waals surface area contributed by atoms with Gasteiger partial charge in [-0.05, 0) is 17.7 Å². The van der Waals surface area contributed by atoms with Gasteiger partial charge in [0.25, 0.3) is 5.91 Å². The fraction of sp³-hybridized carbons (Fsp3) is 0.300. The smallest absolute Gasteiger partial charge is 0.255 e.